The van der Waals surface area contributed by atoms with Gasteiger partial charge in [-0.1, -0.05) is 11.8 Å². The maximum atomic E-state index is 13.2. The summed E-state index contributed by atoms with van der Waals surface area (Å²) in [7, 11) is -7.56. The first kappa shape index (κ1) is 32.0. The fourth-order valence-electron chi connectivity index (χ4n) is 4.43. The molecule has 47 heavy (non-hydrogen) atoms. The summed E-state index contributed by atoms with van der Waals surface area (Å²) in [5, 5.41) is 0. The van der Waals surface area contributed by atoms with E-state index in [1.165, 1.54) is 60.3 Å². The van der Waals surface area contributed by atoms with Gasteiger partial charge in [0.2, 0.25) is 19.7 Å². The normalized spacial score (nSPS) is 11.6. The molecule has 0 fully saturated rings. The van der Waals surface area contributed by atoms with Crippen molar-refractivity contribution in [2.24, 2.45) is 0 Å². The maximum absolute atomic E-state index is 13.2. The molecule has 0 amide bonds. The molecular weight excluding hydrogens is 663 g/mol. The maximum Gasteiger partial charge on any atom is 0.206 e. The van der Waals surface area contributed by atoms with E-state index >= 15 is 0 Å². The predicted octanol–water partition coefficient (Wildman–Crippen LogP) is 9.37. The van der Waals surface area contributed by atoms with E-state index in [1.807, 2.05) is 48.5 Å². The number of halogens is 2. The van der Waals surface area contributed by atoms with Crippen LogP contribution in [0.1, 0.15) is 0 Å². The van der Waals surface area contributed by atoms with Crippen LogP contribution in [0.5, 0.6) is 23.0 Å². The highest BCUT2D eigenvalue weighted by molar-refractivity contribution is 7.99. The van der Waals surface area contributed by atoms with E-state index in [2.05, 4.69) is 0 Å². The molecule has 0 spiro atoms. The molecule has 6 nitrogen and oxygen atoms in total. The first-order valence-electron chi connectivity index (χ1n) is 14.0. The number of sulfone groups is 2. The Kier molecular flexibility index (Phi) is 9.12. The number of benzene rings is 6. The van der Waals surface area contributed by atoms with Crippen LogP contribution in [0.25, 0.3) is 0 Å². The zero-order valence-corrected chi connectivity index (χ0v) is 26.7. The first-order chi connectivity index (χ1) is 22.6. The number of hydrogen-bond donors (Lipinski definition) is 0. The summed E-state index contributed by atoms with van der Waals surface area (Å²) >= 11 is 1.53. The third kappa shape index (κ3) is 7.54. The van der Waals surface area contributed by atoms with Crippen LogP contribution < -0.4 is 9.47 Å². The Morgan fingerprint density at radius 3 is 0.872 bits per heavy atom. The summed E-state index contributed by atoms with van der Waals surface area (Å²) in [5.74, 6) is 1.05. The minimum Gasteiger partial charge on any atom is -0.457 e. The lowest BCUT2D eigenvalue weighted by atomic mass is 10.3. The zero-order chi connectivity index (χ0) is 33.0. The van der Waals surface area contributed by atoms with Crippen LogP contribution in [-0.4, -0.2) is 16.8 Å². The topological polar surface area (TPSA) is 86.7 Å². The van der Waals surface area contributed by atoms with E-state index in [0.717, 1.165) is 34.1 Å². The molecule has 0 aliphatic rings. The lowest BCUT2D eigenvalue weighted by Crippen LogP contribution is -2.01. The molecule has 6 rings (SSSR count). The van der Waals surface area contributed by atoms with Gasteiger partial charge in [0.25, 0.3) is 0 Å². The Balaban J connectivity index is 1.03. The molecule has 11 heteroatoms. The van der Waals surface area contributed by atoms with Gasteiger partial charge in [-0.05, 0) is 146 Å². The minimum absolute atomic E-state index is 0.00736. The van der Waals surface area contributed by atoms with Gasteiger partial charge in [0, 0.05) is 9.79 Å². The highest BCUT2D eigenvalue weighted by atomic mass is 32.2. The minimum atomic E-state index is -3.78. The summed E-state index contributed by atoms with van der Waals surface area (Å²) in [6.07, 6.45) is 0. The number of rotatable bonds is 10. The molecule has 0 saturated heterocycles. The van der Waals surface area contributed by atoms with Crippen molar-refractivity contribution in [3.63, 3.8) is 0 Å². The molecule has 0 heterocycles. The second kappa shape index (κ2) is 13.4. The molecule has 0 aliphatic heterocycles. The molecule has 6 aromatic carbocycles. The van der Waals surface area contributed by atoms with Crippen LogP contribution in [0.15, 0.2) is 175 Å². The molecule has 0 aromatic heterocycles. The second-order valence-corrected chi connectivity index (χ2v) is 15.2. The van der Waals surface area contributed by atoms with Crippen molar-refractivity contribution in [3.05, 3.63) is 157 Å². The molecule has 0 bridgehead atoms. The molecule has 0 radical (unpaired) electrons. The van der Waals surface area contributed by atoms with Gasteiger partial charge < -0.3 is 9.47 Å². The molecule has 0 N–H and O–H groups in total. The largest absolute Gasteiger partial charge is 0.457 e. The fraction of sp³-hybridized carbons (Fsp3) is 0. The standard InChI is InChI=1S/C36H24F2O6S3/c37-25-1-17-33(18-2-25)46(39,40)35-21-9-29(10-22-35)43-27-5-13-31(14-6-27)45-32-15-7-28(8-16-32)44-30-11-23-36(24-12-30)47(41,42)34-19-3-26(38)4-20-34/h1-24H. The Hall–Kier alpha value is -4.97. The van der Waals surface area contributed by atoms with Crippen molar-refractivity contribution in [3.8, 4) is 23.0 Å². The molecule has 0 aliphatic carbocycles. The van der Waals surface area contributed by atoms with E-state index in [-0.39, 0.29) is 19.6 Å². The van der Waals surface area contributed by atoms with E-state index in [4.69, 9.17) is 9.47 Å². The van der Waals surface area contributed by atoms with Crippen LogP contribution in [0.3, 0.4) is 0 Å². The number of ether oxygens (including phenoxy) is 2. The second-order valence-electron chi connectivity index (χ2n) is 10.1. The Morgan fingerprint density at radius 2 is 0.596 bits per heavy atom. The van der Waals surface area contributed by atoms with Crippen molar-refractivity contribution in [2.75, 3.05) is 0 Å². The summed E-state index contributed by atoms with van der Waals surface area (Å²) < 4.78 is 89.3. The summed E-state index contributed by atoms with van der Waals surface area (Å²) in [6.45, 7) is 0. The molecule has 0 saturated carbocycles. The molecule has 0 unspecified atom stereocenters. The average Bonchev–Trinajstić information content (AvgIpc) is 3.07. The van der Waals surface area contributed by atoms with Crippen LogP contribution in [0.4, 0.5) is 8.78 Å². The predicted molar refractivity (Wildman–Crippen MR) is 174 cm³/mol. The quantitative estimate of drug-likeness (QED) is 0.133. The summed E-state index contributed by atoms with van der Waals surface area (Å²) in [5.41, 5.74) is 0. The van der Waals surface area contributed by atoms with Gasteiger partial charge in [0.1, 0.15) is 34.6 Å². The first-order valence-corrected chi connectivity index (χ1v) is 17.8. The van der Waals surface area contributed by atoms with Crippen molar-refractivity contribution in [2.45, 2.75) is 29.4 Å². The smallest absolute Gasteiger partial charge is 0.206 e. The zero-order valence-electron chi connectivity index (χ0n) is 24.3. The van der Waals surface area contributed by atoms with Gasteiger partial charge >= 0.3 is 0 Å². The SMILES string of the molecule is O=S(=O)(c1ccc(F)cc1)c1ccc(Oc2ccc(Sc3ccc(Oc4ccc(S(=O)(=O)c5ccc(F)cc5)cc4)cc3)cc2)cc1. The van der Waals surface area contributed by atoms with E-state index in [9.17, 15) is 25.6 Å². The van der Waals surface area contributed by atoms with Gasteiger partial charge in [-0.25, -0.2) is 25.6 Å². The van der Waals surface area contributed by atoms with E-state index in [1.54, 1.807) is 24.3 Å². The third-order valence-electron chi connectivity index (χ3n) is 6.87. The van der Waals surface area contributed by atoms with Crippen molar-refractivity contribution in [1.82, 2.24) is 0 Å². The molecular formula is C36H24F2O6S3. The Labute approximate surface area is 275 Å². The Bertz CT molecular complexity index is 2040. The monoisotopic (exact) mass is 686 g/mol. The third-order valence-corrected chi connectivity index (χ3v) is 11.5. The summed E-state index contributed by atoms with van der Waals surface area (Å²) in [4.78, 5) is 2.09. The highest BCUT2D eigenvalue weighted by Gasteiger charge is 2.19. The van der Waals surface area contributed by atoms with Gasteiger partial charge in [-0.3, -0.25) is 0 Å². The van der Waals surface area contributed by atoms with Crippen LogP contribution in [0, 0.1) is 11.6 Å². The average molecular weight is 687 g/mol. The summed E-state index contributed by atoms with van der Waals surface area (Å²) in [6, 6.07) is 36.2. The fourth-order valence-corrected chi connectivity index (χ4v) is 7.77. The van der Waals surface area contributed by atoms with Crippen molar-refractivity contribution >= 4 is 31.4 Å². The van der Waals surface area contributed by atoms with E-state index in [0.29, 0.717) is 23.0 Å². The lowest BCUT2D eigenvalue weighted by molar-refractivity contribution is 0.481. The van der Waals surface area contributed by atoms with Crippen LogP contribution in [0.2, 0.25) is 0 Å². The molecule has 236 valence electrons. The highest BCUT2D eigenvalue weighted by Crippen LogP contribution is 2.33. The van der Waals surface area contributed by atoms with Gasteiger partial charge in [-0.15, -0.1) is 0 Å². The number of hydrogen-bond acceptors (Lipinski definition) is 7. The molecule has 0 atom stereocenters. The van der Waals surface area contributed by atoms with Gasteiger partial charge in [-0.2, -0.15) is 0 Å². The van der Waals surface area contributed by atoms with Crippen molar-refractivity contribution in [1.29, 1.82) is 0 Å². The van der Waals surface area contributed by atoms with Crippen LogP contribution in [-0.2, 0) is 19.7 Å². The van der Waals surface area contributed by atoms with Crippen molar-refractivity contribution < 1.29 is 35.1 Å². The van der Waals surface area contributed by atoms with Crippen LogP contribution >= 0.6 is 11.8 Å². The van der Waals surface area contributed by atoms with Gasteiger partial charge in [0.05, 0.1) is 19.6 Å². The molecule has 6 aromatic rings. The van der Waals surface area contributed by atoms with E-state index < -0.39 is 31.3 Å². The lowest BCUT2D eigenvalue weighted by Gasteiger charge is -2.10. The van der Waals surface area contributed by atoms with Gasteiger partial charge in [0.15, 0.2) is 0 Å². The Morgan fingerprint density at radius 1 is 0.362 bits per heavy atom.